The summed E-state index contributed by atoms with van der Waals surface area (Å²) in [7, 11) is 0. The predicted octanol–water partition coefficient (Wildman–Crippen LogP) is 7.85. The predicted molar refractivity (Wildman–Crippen MR) is 177 cm³/mol. The third kappa shape index (κ3) is 10.5. The molecule has 5 fully saturated rings. The van der Waals surface area contributed by atoms with Crippen molar-refractivity contribution in [3.63, 3.8) is 0 Å². The van der Waals surface area contributed by atoms with Crippen LogP contribution in [-0.4, -0.2) is 50.5 Å². The van der Waals surface area contributed by atoms with E-state index < -0.39 is 5.60 Å². The Morgan fingerprint density at radius 1 is 0.565 bits per heavy atom. The molecule has 0 aromatic heterocycles. The number of hydrogen-bond acceptors (Lipinski definition) is 8. The quantitative estimate of drug-likeness (QED) is 0.295. The molecule has 0 atom stereocenters. The van der Waals surface area contributed by atoms with Crippen LogP contribution in [0.1, 0.15) is 92.5 Å². The Labute approximate surface area is 280 Å². The summed E-state index contributed by atoms with van der Waals surface area (Å²) in [6, 6.07) is 26.0. The van der Waals surface area contributed by atoms with Crippen LogP contribution in [0.2, 0.25) is 0 Å². The van der Waals surface area contributed by atoms with Gasteiger partial charge in [0.15, 0.2) is 18.9 Å². The number of Topliss-reactive ketones (excluding diaryl/α,β-unsaturated/α-hetero) is 1. The first-order chi connectivity index (χ1) is 22.5. The van der Waals surface area contributed by atoms with Crippen LogP contribution < -0.4 is 0 Å². The monoisotopic (exact) mass is 696 g/mol. The lowest BCUT2D eigenvalue weighted by atomic mass is 9.91. The Kier molecular flexibility index (Phi) is 13.8. The Balaban J connectivity index is 0.000000128. The molecule has 46 heavy (non-hydrogen) atoms. The molecule has 3 heterocycles. The lowest BCUT2D eigenvalue weighted by Crippen LogP contribution is -2.21. The number of carbonyl (C=O) groups excluding carboxylic acids is 1. The second-order valence-corrected chi connectivity index (χ2v) is 12.7. The molecule has 5 aliphatic rings. The van der Waals surface area contributed by atoms with Crippen molar-refractivity contribution in [3.05, 3.63) is 106 Å². The molecule has 0 unspecified atom stereocenters. The van der Waals surface area contributed by atoms with Crippen LogP contribution in [0, 0.1) is 0 Å². The second kappa shape index (κ2) is 18.2. The molecule has 9 heteroatoms. The van der Waals surface area contributed by atoms with E-state index >= 15 is 0 Å². The number of ketones is 1. The highest BCUT2D eigenvalue weighted by Gasteiger charge is 2.33. The van der Waals surface area contributed by atoms with Crippen molar-refractivity contribution in [2.75, 3.05) is 39.6 Å². The van der Waals surface area contributed by atoms with Crippen LogP contribution in [-0.2, 0) is 38.8 Å². The van der Waals surface area contributed by atoms with Crippen LogP contribution >= 0.6 is 15.9 Å². The van der Waals surface area contributed by atoms with E-state index in [-0.39, 0.29) is 18.9 Å². The first-order valence-electron chi connectivity index (χ1n) is 16.3. The van der Waals surface area contributed by atoms with Gasteiger partial charge in [0.25, 0.3) is 0 Å². The van der Waals surface area contributed by atoms with Crippen LogP contribution in [0.3, 0.4) is 0 Å². The van der Waals surface area contributed by atoms with Gasteiger partial charge in [-0.05, 0) is 49.4 Å². The van der Waals surface area contributed by atoms with Gasteiger partial charge in [-0.3, -0.25) is 4.79 Å². The fraction of sp³-hybridized carbons (Fsp3) is 0.486. The fourth-order valence-corrected chi connectivity index (χ4v) is 6.33. The van der Waals surface area contributed by atoms with E-state index in [0.29, 0.717) is 45.4 Å². The van der Waals surface area contributed by atoms with E-state index in [1.54, 1.807) is 0 Å². The number of ether oxygens (including phenoxy) is 6. The van der Waals surface area contributed by atoms with Gasteiger partial charge >= 0.3 is 0 Å². The van der Waals surface area contributed by atoms with E-state index in [4.69, 9.17) is 28.4 Å². The van der Waals surface area contributed by atoms with Gasteiger partial charge < -0.3 is 33.5 Å². The number of rotatable bonds is 4. The lowest BCUT2D eigenvalue weighted by Gasteiger charge is -2.23. The SMILES string of the molecule is Brc1cccc(C2OCCO2)c1.O=C1CCCC1.OC1(c2cccc(C3OCCO3)c2)CCCC1.c1ccc(C2OCCO2)cc1. The molecule has 0 spiro atoms. The molecule has 2 saturated carbocycles. The van der Waals surface area contributed by atoms with Gasteiger partial charge in [-0.25, -0.2) is 0 Å². The molecule has 3 aliphatic heterocycles. The lowest BCUT2D eigenvalue weighted by molar-refractivity contribution is -0.117. The summed E-state index contributed by atoms with van der Waals surface area (Å²) in [6.45, 7) is 4.10. The van der Waals surface area contributed by atoms with Crippen molar-refractivity contribution in [2.45, 2.75) is 75.8 Å². The smallest absolute Gasteiger partial charge is 0.184 e. The molecule has 3 saturated heterocycles. The van der Waals surface area contributed by atoms with Crippen molar-refractivity contribution in [1.29, 1.82) is 0 Å². The minimum atomic E-state index is -0.630. The van der Waals surface area contributed by atoms with Crippen molar-refractivity contribution in [1.82, 2.24) is 0 Å². The number of benzene rings is 3. The Morgan fingerprint density at radius 2 is 1.02 bits per heavy atom. The molecule has 248 valence electrons. The number of carbonyl (C=O) groups is 1. The third-order valence-corrected chi connectivity index (χ3v) is 8.84. The highest BCUT2D eigenvalue weighted by atomic mass is 79.9. The minimum absolute atomic E-state index is 0.129. The molecular weight excluding hydrogens is 652 g/mol. The minimum Gasteiger partial charge on any atom is -0.385 e. The number of aliphatic hydroxyl groups is 1. The van der Waals surface area contributed by atoms with Crippen LogP contribution in [0.5, 0.6) is 0 Å². The van der Waals surface area contributed by atoms with E-state index in [1.165, 1.54) is 0 Å². The van der Waals surface area contributed by atoms with Crippen molar-refractivity contribution < 1.29 is 38.3 Å². The molecule has 0 amide bonds. The highest BCUT2D eigenvalue weighted by molar-refractivity contribution is 9.10. The van der Waals surface area contributed by atoms with Gasteiger partial charge in [-0.2, -0.15) is 0 Å². The molecule has 0 radical (unpaired) electrons. The van der Waals surface area contributed by atoms with Gasteiger partial charge in [-0.15, -0.1) is 0 Å². The van der Waals surface area contributed by atoms with E-state index in [9.17, 15) is 9.90 Å². The Bertz CT molecular complexity index is 1320. The van der Waals surface area contributed by atoms with Crippen LogP contribution in [0.4, 0.5) is 0 Å². The maximum absolute atomic E-state index is 10.5. The van der Waals surface area contributed by atoms with Gasteiger partial charge in [0.1, 0.15) is 5.78 Å². The molecule has 0 bridgehead atoms. The zero-order chi connectivity index (χ0) is 32.0. The van der Waals surface area contributed by atoms with Crippen molar-refractivity contribution >= 4 is 21.7 Å². The van der Waals surface area contributed by atoms with E-state index in [1.807, 2.05) is 78.9 Å². The summed E-state index contributed by atoms with van der Waals surface area (Å²) in [5.41, 5.74) is 3.56. The molecule has 1 N–H and O–H groups in total. The van der Waals surface area contributed by atoms with Crippen LogP contribution in [0.25, 0.3) is 0 Å². The summed E-state index contributed by atoms with van der Waals surface area (Å²) in [6.07, 6.45) is 7.37. The highest BCUT2D eigenvalue weighted by Crippen LogP contribution is 2.39. The fourth-order valence-electron chi connectivity index (χ4n) is 5.91. The van der Waals surface area contributed by atoms with Gasteiger partial charge in [-0.1, -0.05) is 89.4 Å². The van der Waals surface area contributed by atoms with Gasteiger partial charge in [0, 0.05) is 34.0 Å². The molecule has 8 nitrogen and oxygen atoms in total. The van der Waals surface area contributed by atoms with E-state index in [0.717, 1.165) is 78.1 Å². The zero-order valence-electron chi connectivity index (χ0n) is 26.3. The molecule has 3 aromatic rings. The molecule has 8 rings (SSSR count). The van der Waals surface area contributed by atoms with Gasteiger partial charge in [0.2, 0.25) is 0 Å². The molecule has 3 aromatic carbocycles. The summed E-state index contributed by atoms with van der Waals surface area (Å²) >= 11 is 3.40. The first-order valence-corrected chi connectivity index (χ1v) is 17.1. The van der Waals surface area contributed by atoms with Gasteiger partial charge in [0.05, 0.1) is 45.2 Å². The molecular formula is C37H45BrO8. The first kappa shape index (κ1) is 34.9. The van der Waals surface area contributed by atoms with Crippen molar-refractivity contribution in [3.8, 4) is 0 Å². The zero-order valence-corrected chi connectivity index (χ0v) is 27.9. The standard InChI is InChI=1S/C14H18O3.C9H9BrO2.C9H10O2.C5H8O/c15-14(6-1-2-7-14)12-5-3-4-11(10-12)13-16-8-9-17-13;10-8-3-1-2-7(6-8)9-11-4-5-12-9;1-2-4-8(5-3-1)9-10-6-7-11-9;6-5-3-1-2-4-5/h3-5,10,13,15H,1-2,6-9H2;1-3,6,9H,4-5H2;1-5,9H,6-7H2;1-4H2. The third-order valence-electron chi connectivity index (χ3n) is 8.35. The second-order valence-electron chi connectivity index (χ2n) is 11.8. The maximum atomic E-state index is 10.5. The Hall–Kier alpha value is -2.47. The normalized spacial score (nSPS) is 21.2. The largest absolute Gasteiger partial charge is 0.385 e. The summed E-state index contributed by atoms with van der Waals surface area (Å²) < 4.78 is 33.4. The summed E-state index contributed by atoms with van der Waals surface area (Å²) in [5.74, 6) is 0.454. The van der Waals surface area contributed by atoms with Crippen LogP contribution in [0.15, 0.2) is 83.3 Å². The van der Waals surface area contributed by atoms with Crippen molar-refractivity contribution in [2.24, 2.45) is 0 Å². The number of hydrogen-bond donors (Lipinski definition) is 1. The topological polar surface area (TPSA) is 92.7 Å². The average molecular weight is 698 g/mol. The summed E-state index contributed by atoms with van der Waals surface area (Å²) in [4.78, 5) is 10.2. The number of halogens is 1. The van der Waals surface area contributed by atoms with E-state index in [2.05, 4.69) is 15.9 Å². The molecule has 2 aliphatic carbocycles. The Morgan fingerprint density at radius 3 is 1.50 bits per heavy atom. The summed E-state index contributed by atoms with van der Waals surface area (Å²) in [5, 5.41) is 10.5. The average Bonchev–Trinajstić information content (AvgIpc) is 3.94. The maximum Gasteiger partial charge on any atom is 0.184 e.